The Hall–Kier alpha value is -2.93. The second kappa shape index (κ2) is 8.21. The van der Waals surface area contributed by atoms with Crippen molar-refractivity contribution in [3.05, 3.63) is 69.3 Å². The number of rotatable bonds is 9. The lowest BCUT2D eigenvalue weighted by Crippen LogP contribution is -2.26. The molecular weight excluding hydrogens is 370 g/mol. The van der Waals surface area contributed by atoms with Gasteiger partial charge in [0.25, 0.3) is 5.91 Å². The molecule has 2 aromatic rings. The van der Waals surface area contributed by atoms with Gasteiger partial charge in [0, 0.05) is 36.8 Å². The molecule has 0 atom stereocenters. The quantitative estimate of drug-likeness (QED) is 0.517. The van der Waals surface area contributed by atoms with Gasteiger partial charge >= 0.3 is 5.69 Å². The van der Waals surface area contributed by atoms with Crippen LogP contribution in [0, 0.1) is 10.1 Å². The predicted molar refractivity (Wildman–Crippen MR) is 109 cm³/mol. The van der Waals surface area contributed by atoms with Crippen LogP contribution in [0.3, 0.4) is 0 Å². The van der Waals surface area contributed by atoms with Crippen molar-refractivity contribution in [2.75, 3.05) is 7.11 Å². The lowest BCUT2D eigenvalue weighted by molar-refractivity contribution is -0.385. The molecule has 152 valence electrons. The maximum absolute atomic E-state index is 12.1. The van der Waals surface area contributed by atoms with Crippen molar-refractivity contribution in [3.8, 4) is 5.75 Å². The van der Waals surface area contributed by atoms with Gasteiger partial charge < -0.3 is 10.1 Å². The van der Waals surface area contributed by atoms with Crippen molar-refractivity contribution >= 4 is 11.6 Å². The molecule has 0 bridgehead atoms. The highest BCUT2D eigenvalue weighted by Crippen LogP contribution is 2.32. The van der Waals surface area contributed by atoms with Gasteiger partial charge in [0.05, 0.1) is 12.0 Å². The summed E-state index contributed by atoms with van der Waals surface area (Å²) in [5.74, 6) is 0.264. The zero-order valence-corrected chi connectivity index (χ0v) is 16.5. The topological polar surface area (TPSA) is 84.7 Å². The number of amides is 1. The molecule has 7 heteroatoms. The molecule has 2 fully saturated rings. The molecule has 0 aromatic heterocycles. The summed E-state index contributed by atoms with van der Waals surface area (Å²) in [4.78, 5) is 25.4. The van der Waals surface area contributed by atoms with Gasteiger partial charge in [-0.25, -0.2) is 0 Å². The van der Waals surface area contributed by atoms with Gasteiger partial charge in [0.1, 0.15) is 0 Å². The fourth-order valence-corrected chi connectivity index (χ4v) is 3.46. The minimum absolute atomic E-state index is 0.00762. The van der Waals surface area contributed by atoms with E-state index in [1.165, 1.54) is 7.11 Å². The third kappa shape index (κ3) is 4.92. The zero-order chi connectivity index (χ0) is 20.4. The highest BCUT2D eigenvalue weighted by atomic mass is 16.6. The average Bonchev–Trinajstić information content (AvgIpc) is 3.62. The number of nitro groups is 1. The summed E-state index contributed by atoms with van der Waals surface area (Å²) in [6.07, 6.45) is 4.42. The molecule has 0 spiro atoms. The fraction of sp³-hybridized carbons (Fsp3) is 0.409. The Labute approximate surface area is 169 Å². The van der Waals surface area contributed by atoms with Gasteiger partial charge in [-0.05, 0) is 55.0 Å². The van der Waals surface area contributed by atoms with Gasteiger partial charge in [-0.3, -0.25) is 19.8 Å². The number of carbonyl (C=O) groups is 1. The Bertz CT molecular complexity index is 905. The molecule has 0 heterocycles. The van der Waals surface area contributed by atoms with Gasteiger partial charge in [-0.2, -0.15) is 0 Å². The van der Waals surface area contributed by atoms with E-state index in [1.54, 1.807) is 12.1 Å². The molecule has 2 aliphatic carbocycles. The van der Waals surface area contributed by atoms with Crippen LogP contribution in [-0.2, 0) is 13.1 Å². The summed E-state index contributed by atoms with van der Waals surface area (Å²) in [5.41, 5.74) is 2.70. The summed E-state index contributed by atoms with van der Waals surface area (Å²) < 4.78 is 5.09. The molecule has 0 radical (unpaired) electrons. The van der Waals surface area contributed by atoms with E-state index in [1.807, 2.05) is 30.3 Å². The van der Waals surface area contributed by atoms with E-state index in [0.717, 1.165) is 43.4 Å². The Morgan fingerprint density at radius 2 is 1.76 bits per heavy atom. The van der Waals surface area contributed by atoms with Crippen LogP contribution in [0.2, 0.25) is 0 Å². The Morgan fingerprint density at radius 3 is 2.34 bits per heavy atom. The first-order valence-electron chi connectivity index (χ1n) is 9.98. The van der Waals surface area contributed by atoms with E-state index in [9.17, 15) is 14.9 Å². The molecule has 7 nitrogen and oxygen atoms in total. The lowest BCUT2D eigenvalue weighted by Gasteiger charge is -2.22. The Kier molecular flexibility index (Phi) is 5.49. The number of hydrogen-bond donors (Lipinski definition) is 1. The van der Waals surface area contributed by atoms with Crippen molar-refractivity contribution in [2.45, 2.75) is 50.9 Å². The molecule has 0 aliphatic heterocycles. The maximum Gasteiger partial charge on any atom is 0.311 e. The monoisotopic (exact) mass is 395 g/mol. The summed E-state index contributed by atoms with van der Waals surface area (Å²) in [6.45, 7) is 1.38. The summed E-state index contributed by atoms with van der Waals surface area (Å²) >= 11 is 0. The molecule has 2 aliphatic rings. The highest BCUT2D eigenvalue weighted by molar-refractivity contribution is 5.94. The molecule has 1 amide bonds. The van der Waals surface area contributed by atoms with E-state index in [4.69, 9.17) is 4.74 Å². The number of nitrogens with zero attached hydrogens (tertiary/aromatic N) is 2. The fourth-order valence-electron chi connectivity index (χ4n) is 3.46. The SMILES string of the molecule is COc1ccc(CN(Cc2ccc(C(=O)NC3CC3)cc2)C2CC2)cc1[N+](=O)[O-]. The van der Waals surface area contributed by atoms with Crippen LogP contribution in [0.25, 0.3) is 0 Å². The van der Waals surface area contributed by atoms with Crippen LogP contribution < -0.4 is 10.1 Å². The zero-order valence-electron chi connectivity index (χ0n) is 16.5. The van der Waals surface area contributed by atoms with Crippen LogP contribution in [0.1, 0.15) is 47.2 Å². The molecule has 2 saturated carbocycles. The van der Waals surface area contributed by atoms with Gasteiger partial charge in [0.15, 0.2) is 5.75 Å². The highest BCUT2D eigenvalue weighted by Gasteiger charge is 2.29. The van der Waals surface area contributed by atoms with Crippen molar-refractivity contribution < 1.29 is 14.5 Å². The minimum Gasteiger partial charge on any atom is -0.490 e. The number of nitrogens with one attached hydrogen (secondary N) is 1. The van der Waals surface area contributed by atoms with Crippen molar-refractivity contribution in [2.24, 2.45) is 0 Å². The molecule has 2 aromatic carbocycles. The average molecular weight is 395 g/mol. The largest absolute Gasteiger partial charge is 0.490 e. The molecule has 29 heavy (non-hydrogen) atoms. The predicted octanol–water partition coefficient (Wildman–Crippen LogP) is 3.66. The molecule has 0 saturated heterocycles. The maximum atomic E-state index is 12.1. The molecular formula is C22H25N3O4. The van der Waals surface area contributed by atoms with E-state index >= 15 is 0 Å². The minimum atomic E-state index is -0.408. The molecule has 1 N–H and O–H groups in total. The second-order valence-corrected chi connectivity index (χ2v) is 7.84. The molecule has 0 unspecified atom stereocenters. The van der Waals surface area contributed by atoms with Crippen LogP contribution in [0.5, 0.6) is 5.75 Å². The van der Waals surface area contributed by atoms with Gasteiger partial charge in [-0.15, -0.1) is 0 Å². The van der Waals surface area contributed by atoms with Crippen molar-refractivity contribution in [1.82, 2.24) is 10.2 Å². The second-order valence-electron chi connectivity index (χ2n) is 7.84. The van der Waals surface area contributed by atoms with Crippen molar-refractivity contribution in [3.63, 3.8) is 0 Å². The van der Waals surface area contributed by atoms with Gasteiger partial charge in [0.2, 0.25) is 0 Å². The third-order valence-corrected chi connectivity index (χ3v) is 5.40. The number of methoxy groups -OCH3 is 1. The van der Waals surface area contributed by atoms with Gasteiger partial charge in [-0.1, -0.05) is 18.2 Å². The summed E-state index contributed by atoms with van der Waals surface area (Å²) in [7, 11) is 1.44. The normalized spacial score (nSPS) is 15.9. The first-order valence-corrected chi connectivity index (χ1v) is 9.98. The number of ether oxygens (including phenoxy) is 1. The van der Waals surface area contributed by atoms with E-state index in [0.29, 0.717) is 24.2 Å². The van der Waals surface area contributed by atoms with Crippen LogP contribution in [-0.4, -0.2) is 34.9 Å². The lowest BCUT2D eigenvalue weighted by atomic mass is 10.1. The Balaban J connectivity index is 1.44. The third-order valence-electron chi connectivity index (χ3n) is 5.40. The first kappa shape index (κ1) is 19.4. The van der Waals surface area contributed by atoms with Crippen LogP contribution >= 0.6 is 0 Å². The van der Waals surface area contributed by atoms with E-state index in [2.05, 4.69) is 10.2 Å². The van der Waals surface area contributed by atoms with E-state index in [-0.39, 0.29) is 17.3 Å². The Morgan fingerprint density at radius 1 is 1.10 bits per heavy atom. The summed E-state index contributed by atoms with van der Waals surface area (Å²) in [5, 5.41) is 14.3. The number of carbonyl (C=O) groups excluding carboxylic acids is 1. The molecule has 4 rings (SSSR count). The van der Waals surface area contributed by atoms with Crippen molar-refractivity contribution in [1.29, 1.82) is 0 Å². The number of nitro benzene ring substituents is 1. The summed E-state index contributed by atoms with van der Waals surface area (Å²) in [6, 6.07) is 13.7. The first-order chi connectivity index (χ1) is 14.0. The number of benzene rings is 2. The van der Waals surface area contributed by atoms with Crippen LogP contribution in [0.4, 0.5) is 5.69 Å². The van der Waals surface area contributed by atoms with E-state index < -0.39 is 4.92 Å². The standard InChI is InChI=1S/C22H25N3O4/c1-29-21-11-4-16(12-20(21)25(27)28)14-24(19-9-10-19)13-15-2-5-17(6-3-15)22(26)23-18-7-8-18/h2-6,11-12,18-19H,7-10,13-14H2,1H3,(H,23,26). The number of hydrogen-bond acceptors (Lipinski definition) is 5. The van der Waals surface area contributed by atoms with Crippen LogP contribution in [0.15, 0.2) is 42.5 Å². The smallest absolute Gasteiger partial charge is 0.311 e.